The number of hydrogen-bond donors (Lipinski definition) is 2. The van der Waals surface area contributed by atoms with Crippen LogP contribution < -0.4 is 5.73 Å². The van der Waals surface area contributed by atoms with Crippen LogP contribution >= 0.6 is 0 Å². The van der Waals surface area contributed by atoms with Gasteiger partial charge in [0, 0.05) is 6.54 Å². The Bertz CT molecular complexity index is 406. The van der Waals surface area contributed by atoms with Crippen molar-refractivity contribution in [3.8, 4) is 5.75 Å². The zero-order chi connectivity index (χ0) is 13.7. The maximum Gasteiger partial charge on any atom is 0.310 e. The van der Waals surface area contributed by atoms with Gasteiger partial charge in [0.15, 0.2) is 0 Å². The van der Waals surface area contributed by atoms with E-state index in [2.05, 4.69) is 0 Å². The van der Waals surface area contributed by atoms with Gasteiger partial charge in [-0.25, -0.2) is 0 Å². The molecule has 0 heterocycles. The van der Waals surface area contributed by atoms with E-state index in [4.69, 9.17) is 10.5 Å². The van der Waals surface area contributed by atoms with Crippen LogP contribution in [-0.2, 0) is 16.0 Å². The summed E-state index contributed by atoms with van der Waals surface area (Å²) in [5.74, 6) is -0.282. The number of rotatable bonds is 5. The molecule has 0 bridgehead atoms. The third kappa shape index (κ3) is 3.47. The molecule has 3 N–H and O–H groups in total. The number of nitrogens with two attached hydrogens (primary N) is 1. The number of aromatic hydroxyl groups is 1. The molecule has 1 rings (SSSR count). The molecule has 0 fully saturated rings. The molecule has 1 unspecified atom stereocenters. The summed E-state index contributed by atoms with van der Waals surface area (Å²) in [5.41, 5.74) is 8.22. The van der Waals surface area contributed by atoms with Gasteiger partial charge in [-0.2, -0.15) is 0 Å². The van der Waals surface area contributed by atoms with Gasteiger partial charge in [0.2, 0.25) is 0 Å². The van der Waals surface area contributed by atoms with Crippen molar-refractivity contribution in [3.63, 3.8) is 0 Å². The van der Waals surface area contributed by atoms with E-state index >= 15 is 0 Å². The van der Waals surface area contributed by atoms with Gasteiger partial charge in [-0.05, 0) is 43.9 Å². The van der Waals surface area contributed by atoms with Gasteiger partial charge < -0.3 is 15.6 Å². The molecule has 0 aromatic heterocycles. The molecule has 0 radical (unpaired) electrons. The highest BCUT2D eigenvalue weighted by molar-refractivity contribution is 5.73. The molecule has 18 heavy (non-hydrogen) atoms. The number of carbonyl (C=O) groups excluding carboxylic acids is 1. The minimum absolute atomic E-state index is 0.261. The molecule has 0 aliphatic rings. The van der Waals surface area contributed by atoms with E-state index in [1.54, 1.807) is 6.92 Å². The van der Waals surface area contributed by atoms with Crippen LogP contribution in [0.4, 0.5) is 0 Å². The second-order valence-electron chi connectivity index (χ2n) is 4.47. The monoisotopic (exact) mass is 251 g/mol. The first-order valence-electron chi connectivity index (χ1n) is 6.15. The summed E-state index contributed by atoms with van der Waals surface area (Å²) in [6.45, 7) is 6.09. The molecule has 0 saturated heterocycles. The second kappa shape index (κ2) is 6.40. The van der Waals surface area contributed by atoms with Gasteiger partial charge >= 0.3 is 5.97 Å². The standard InChI is InChI=1S/C14H21NO3/c1-4-18-14(17)12(8-15)7-11-5-9(2)13(16)10(3)6-11/h5-6,12,16H,4,7-8,15H2,1-3H3. The lowest BCUT2D eigenvalue weighted by Crippen LogP contribution is -2.27. The fourth-order valence-corrected chi connectivity index (χ4v) is 1.97. The first-order valence-corrected chi connectivity index (χ1v) is 6.15. The molecule has 1 aromatic rings. The van der Waals surface area contributed by atoms with Gasteiger partial charge in [0.25, 0.3) is 0 Å². The van der Waals surface area contributed by atoms with Crippen molar-refractivity contribution in [1.29, 1.82) is 0 Å². The number of aryl methyl sites for hydroxylation is 2. The molecule has 0 amide bonds. The maximum atomic E-state index is 11.7. The van der Waals surface area contributed by atoms with Crippen molar-refractivity contribution < 1.29 is 14.6 Å². The second-order valence-corrected chi connectivity index (χ2v) is 4.47. The lowest BCUT2D eigenvalue weighted by molar-refractivity contribution is -0.147. The Balaban J connectivity index is 2.85. The highest BCUT2D eigenvalue weighted by Crippen LogP contribution is 2.24. The fourth-order valence-electron chi connectivity index (χ4n) is 1.97. The summed E-state index contributed by atoms with van der Waals surface area (Å²) in [6.07, 6.45) is 0.539. The predicted octanol–water partition coefficient (Wildman–Crippen LogP) is 1.69. The fraction of sp³-hybridized carbons (Fsp3) is 0.500. The third-order valence-electron chi connectivity index (χ3n) is 2.94. The van der Waals surface area contributed by atoms with Crippen molar-refractivity contribution in [2.24, 2.45) is 11.7 Å². The van der Waals surface area contributed by atoms with Gasteiger partial charge in [0.05, 0.1) is 12.5 Å². The van der Waals surface area contributed by atoms with E-state index in [0.29, 0.717) is 18.8 Å². The van der Waals surface area contributed by atoms with Crippen LogP contribution in [-0.4, -0.2) is 24.2 Å². The third-order valence-corrected chi connectivity index (χ3v) is 2.94. The number of carbonyl (C=O) groups is 1. The van der Waals surface area contributed by atoms with Crippen LogP contribution in [0.3, 0.4) is 0 Å². The molecule has 0 aliphatic carbocycles. The molecule has 1 aromatic carbocycles. The summed E-state index contributed by atoms with van der Waals surface area (Å²) < 4.78 is 4.98. The molecule has 0 spiro atoms. The molecule has 100 valence electrons. The molecule has 4 heteroatoms. The Morgan fingerprint density at radius 2 is 1.94 bits per heavy atom. The Kier molecular flexibility index (Phi) is 5.16. The van der Waals surface area contributed by atoms with E-state index in [1.807, 2.05) is 26.0 Å². The Morgan fingerprint density at radius 3 is 2.39 bits per heavy atom. The van der Waals surface area contributed by atoms with Crippen molar-refractivity contribution in [3.05, 3.63) is 28.8 Å². The summed E-state index contributed by atoms with van der Waals surface area (Å²) in [5, 5.41) is 9.70. The average molecular weight is 251 g/mol. The van der Waals surface area contributed by atoms with Gasteiger partial charge in [-0.3, -0.25) is 4.79 Å². The lowest BCUT2D eigenvalue weighted by atomic mass is 9.96. The van der Waals surface area contributed by atoms with E-state index in [0.717, 1.165) is 16.7 Å². The lowest BCUT2D eigenvalue weighted by Gasteiger charge is -2.15. The first kappa shape index (κ1) is 14.5. The van der Waals surface area contributed by atoms with E-state index in [-0.39, 0.29) is 18.4 Å². The zero-order valence-corrected chi connectivity index (χ0v) is 11.2. The first-order chi connectivity index (χ1) is 8.49. The minimum Gasteiger partial charge on any atom is -0.507 e. The maximum absolute atomic E-state index is 11.7. The van der Waals surface area contributed by atoms with Crippen molar-refractivity contribution in [2.45, 2.75) is 27.2 Å². The van der Waals surface area contributed by atoms with Crippen LogP contribution in [0.2, 0.25) is 0 Å². The largest absolute Gasteiger partial charge is 0.507 e. The molecular weight excluding hydrogens is 230 g/mol. The molecule has 1 atom stereocenters. The molecular formula is C14H21NO3. The summed E-state index contributed by atoms with van der Waals surface area (Å²) >= 11 is 0. The van der Waals surface area contributed by atoms with Crippen LogP contribution in [0.1, 0.15) is 23.6 Å². The number of hydrogen-bond acceptors (Lipinski definition) is 4. The van der Waals surface area contributed by atoms with Crippen molar-refractivity contribution in [1.82, 2.24) is 0 Å². The van der Waals surface area contributed by atoms with Crippen LogP contribution in [0, 0.1) is 19.8 Å². The van der Waals surface area contributed by atoms with Crippen LogP contribution in [0.5, 0.6) is 5.75 Å². The SMILES string of the molecule is CCOC(=O)C(CN)Cc1cc(C)c(O)c(C)c1. The number of ether oxygens (including phenoxy) is 1. The number of esters is 1. The molecule has 4 nitrogen and oxygen atoms in total. The van der Waals surface area contributed by atoms with E-state index < -0.39 is 0 Å². The van der Waals surface area contributed by atoms with Crippen molar-refractivity contribution >= 4 is 5.97 Å². The van der Waals surface area contributed by atoms with E-state index in [9.17, 15) is 9.90 Å². The Hall–Kier alpha value is -1.55. The summed E-state index contributed by atoms with van der Waals surface area (Å²) in [6, 6.07) is 3.76. The Labute approximate surface area is 108 Å². The highest BCUT2D eigenvalue weighted by atomic mass is 16.5. The van der Waals surface area contributed by atoms with Crippen molar-refractivity contribution in [2.75, 3.05) is 13.2 Å². The average Bonchev–Trinajstić information content (AvgIpc) is 2.33. The highest BCUT2D eigenvalue weighted by Gasteiger charge is 2.19. The number of benzene rings is 1. The van der Waals surface area contributed by atoms with Gasteiger partial charge in [-0.15, -0.1) is 0 Å². The summed E-state index contributed by atoms with van der Waals surface area (Å²) in [4.78, 5) is 11.7. The number of phenols is 1. The van der Waals surface area contributed by atoms with E-state index in [1.165, 1.54) is 0 Å². The van der Waals surface area contributed by atoms with Gasteiger partial charge in [-0.1, -0.05) is 12.1 Å². The predicted molar refractivity (Wildman–Crippen MR) is 70.5 cm³/mol. The zero-order valence-electron chi connectivity index (χ0n) is 11.2. The van der Waals surface area contributed by atoms with Gasteiger partial charge in [0.1, 0.15) is 5.75 Å². The Morgan fingerprint density at radius 1 is 1.39 bits per heavy atom. The minimum atomic E-state index is -0.326. The molecule has 0 aliphatic heterocycles. The normalized spacial score (nSPS) is 12.2. The smallest absolute Gasteiger partial charge is 0.310 e. The topological polar surface area (TPSA) is 72.5 Å². The molecule has 0 saturated carbocycles. The summed E-state index contributed by atoms with van der Waals surface area (Å²) in [7, 11) is 0. The van der Waals surface area contributed by atoms with Crippen LogP contribution in [0.15, 0.2) is 12.1 Å². The number of phenolic OH excluding ortho intramolecular Hbond substituents is 1. The van der Waals surface area contributed by atoms with Crippen LogP contribution in [0.25, 0.3) is 0 Å². The quantitative estimate of drug-likeness (QED) is 0.781.